The number of nitrogens with zero attached hydrogens (tertiary/aromatic N) is 3. The SMILES string of the molecule is Cc1ncsc1/C=C/c1ccc2c(c1)c1c3c(c4c5ccccc5n5c4c1n2CC(CO)C5)CNC3=O. The van der Waals surface area contributed by atoms with E-state index in [1.807, 2.05) is 12.4 Å². The summed E-state index contributed by atoms with van der Waals surface area (Å²) in [4.78, 5) is 18.9. The molecular weight excluding hydrogens is 480 g/mol. The van der Waals surface area contributed by atoms with E-state index < -0.39 is 0 Å². The van der Waals surface area contributed by atoms with Crippen LogP contribution < -0.4 is 5.32 Å². The molecule has 0 radical (unpaired) electrons. The van der Waals surface area contributed by atoms with Gasteiger partial charge in [-0.15, -0.1) is 11.3 Å². The Bertz CT molecular complexity index is 1970. The molecule has 8 rings (SSSR count). The van der Waals surface area contributed by atoms with E-state index >= 15 is 0 Å². The summed E-state index contributed by atoms with van der Waals surface area (Å²) in [5.41, 5.74) is 10.4. The molecule has 2 aliphatic rings. The molecule has 7 heteroatoms. The summed E-state index contributed by atoms with van der Waals surface area (Å²) in [7, 11) is 0. The molecule has 1 atom stereocenters. The first-order chi connectivity index (χ1) is 18.1. The Morgan fingerprint density at radius 2 is 1.84 bits per heavy atom. The number of para-hydroxylation sites is 1. The van der Waals surface area contributed by atoms with E-state index in [2.05, 4.69) is 74.1 Å². The van der Waals surface area contributed by atoms with E-state index in [-0.39, 0.29) is 18.4 Å². The molecular formula is C30H24N4O2S. The summed E-state index contributed by atoms with van der Waals surface area (Å²) in [6.45, 7) is 4.12. The third-order valence-electron chi connectivity index (χ3n) is 8.14. The lowest BCUT2D eigenvalue weighted by Gasteiger charge is -2.15. The van der Waals surface area contributed by atoms with Crippen molar-refractivity contribution in [2.45, 2.75) is 26.6 Å². The van der Waals surface area contributed by atoms with Gasteiger partial charge in [-0.1, -0.05) is 30.3 Å². The van der Waals surface area contributed by atoms with Crippen molar-refractivity contribution in [3.63, 3.8) is 0 Å². The maximum atomic E-state index is 13.4. The first-order valence-electron chi connectivity index (χ1n) is 12.6. The highest BCUT2D eigenvalue weighted by atomic mass is 32.1. The van der Waals surface area contributed by atoms with E-state index in [0.717, 1.165) is 61.1 Å². The molecule has 0 bridgehead atoms. The second-order valence-electron chi connectivity index (χ2n) is 10.2. The number of carbonyl (C=O) groups is 1. The van der Waals surface area contributed by atoms with Gasteiger partial charge in [0, 0.05) is 69.6 Å². The predicted molar refractivity (Wildman–Crippen MR) is 150 cm³/mol. The number of nitrogens with one attached hydrogen (secondary N) is 1. The minimum absolute atomic E-state index is 0.00281. The third kappa shape index (κ3) is 2.78. The highest BCUT2D eigenvalue weighted by molar-refractivity contribution is 7.10. The Kier molecular flexibility index (Phi) is 4.31. The Morgan fingerprint density at radius 1 is 1.05 bits per heavy atom. The second kappa shape index (κ2) is 7.54. The van der Waals surface area contributed by atoms with E-state index in [0.29, 0.717) is 13.1 Å². The van der Waals surface area contributed by atoms with Crippen LogP contribution in [0.2, 0.25) is 0 Å². The van der Waals surface area contributed by atoms with Crippen molar-refractivity contribution in [1.82, 2.24) is 19.4 Å². The minimum atomic E-state index is -0.00281. The summed E-state index contributed by atoms with van der Waals surface area (Å²) >= 11 is 1.63. The van der Waals surface area contributed by atoms with Crippen molar-refractivity contribution in [3.8, 4) is 0 Å². The van der Waals surface area contributed by atoms with Crippen molar-refractivity contribution in [2.24, 2.45) is 5.92 Å². The lowest BCUT2D eigenvalue weighted by atomic mass is 9.96. The number of fused-ring (bicyclic) bond motifs is 9. The number of aliphatic hydroxyl groups excluding tert-OH is 1. The first kappa shape index (κ1) is 21.2. The molecule has 3 aromatic carbocycles. The van der Waals surface area contributed by atoms with E-state index in [4.69, 9.17) is 0 Å². The number of amides is 1. The molecule has 37 heavy (non-hydrogen) atoms. The number of aryl methyl sites for hydroxylation is 1. The van der Waals surface area contributed by atoms with Crippen LogP contribution in [0.4, 0.5) is 0 Å². The van der Waals surface area contributed by atoms with Crippen LogP contribution >= 0.6 is 11.3 Å². The van der Waals surface area contributed by atoms with Gasteiger partial charge >= 0.3 is 0 Å². The average molecular weight is 505 g/mol. The highest BCUT2D eigenvalue weighted by Crippen LogP contribution is 2.46. The van der Waals surface area contributed by atoms with Crippen LogP contribution in [0, 0.1) is 12.8 Å². The number of thiazole rings is 1. The largest absolute Gasteiger partial charge is 0.396 e. The maximum Gasteiger partial charge on any atom is 0.252 e. The number of rotatable bonds is 3. The summed E-state index contributed by atoms with van der Waals surface area (Å²) < 4.78 is 4.73. The zero-order valence-electron chi connectivity index (χ0n) is 20.3. The van der Waals surface area contributed by atoms with Crippen LogP contribution in [0.15, 0.2) is 48.0 Å². The standard InChI is InChI=1S/C30H24N4O2S/c1-16-24(37-15-32-16)9-7-17-6-8-23-20(10-17)26-27-21(11-31-30(27)36)25-19-4-2-3-5-22(19)33-12-18(14-35)13-34(23)29(26)28(25)33/h2-10,15,18,35H,11-14H2,1H3,(H,31,36)/b9-7+. The van der Waals surface area contributed by atoms with E-state index in [1.165, 1.54) is 16.3 Å². The molecule has 6 aromatic rings. The van der Waals surface area contributed by atoms with Crippen LogP contribution in [-0.2, 0) is 19.6 Å². The second-order valence-corrected chi connectivity index (χ2v) is 11.1. The van der Waals surface area contributed by atoms with Gasteiger partial charge in [-0.05, 0) is 42.3 Å². The van der Waals surface area contributed by atoms with Gasteiger partial charge in [0.05, 0.1) is 27.8 Å². The summed E-state index contributed by atoms with van der Waals surface area (Å²) in [6, 6.07) is 15.0. The lowest BCUT2D eigenvalue weighted by molar-refractivity contribution is 0.0967. The van der Waals surface area contributed by atoms with Crippen molar-refractivity contribution < 1.29 is 9.90 Å². The molecule has 5 heterocycles. The Hall–Kier alpha value is -3.94. The molecule has 182 valence electrons. The smallest absolute Gasteiger partial charge is 0.252 e. The van der Waals surface area contributed by atoms with E-state index in [9.17, 15) is 9.90 Å². The fourth-order valence-corrected chi connectivity index (χ4v) is 7.20. The normalized spacial score (nSPS) is 17.1. The quantitative estimate of drug-likeness (QED) is 0.325. The number of carbonyl (C=O) groups excluding carboxylic acids is 1. The number of hydrogen-bond acceptors (Lipinski definition) is 4. The van der Waals surface area contributed by atoms with Gasteiger partial charge in [0.1, 0.15) is 0 Å². The first-order valence-corrected chi connectivity index (χ1v) is 13.5. The number of aromatic nitrogens is 3. The molecule has 2 aliphatic heterocycles. The molecule has 2 N–H and O–H groups in total. The maximum absolute atomic E-state index is 13.4. The van der Waals surface area contributed by atoms with Crippen LogP contribution in [0.1, 0.15) is 32.1 Å². The fourth-order valence-electron chi connectivity index (χ4n) is 6.50. The van der Waals surface area contributed by atoms with Gasteiger partial charge in [0.25, 0.3) is 5.91 Å². The molecule has 0 fully saturated rings. The van der Waals surface area contributed by atoms with Gasteiger partial charge in [-0.3, -0.25) is 4.79 Å². The molecule has 0 saturated carbocycles. The van der Waals surface area contributed by atoms with Crippen molar-refractivity contribution >= 4 is 73.0 Å². The third-order valence-corrected chi connectivity index (χ3v) is 9.03. The van der Waals surface area contributed by atoms with E-state index in [1.54, 1.807) is 11.3 Å². The Labute approximate surface area is 216 Å². The van der Waals surface area contributed by atoms with Gasteiger partial charge in [-0.2, -0.15) is 0 Å². The van der Waals surface area contributed by atoms with Crippen LogP contribution in [-0.4, -0.2) is 31.7 Å². The number of benzene rings is 3. The van der Waals surface area contributed by atoms with Gasteiger partial charge < -0.3 is 19.6 Å². The van der Waals surface area contributed by atoms with Crippen LogP contribution in [0.5, 0.6) is 0 Å². The molecule has 0 saturated heterocycles. The molecule has 6 nitrogen and oxygen atoms in total. The molecule has 3 aromatic heterocycles. The lowest BCUT2D eigenvalue weighted by Crippen LogP contribution is -2.18. The van der Waals surface area contributed by atoms with Crippen molar-refractivity contribution in [3.05, 3.63) is 75.2 Å². The summed E-state index contributed by atoms with van der Waals surface area (Å²) in [5, 5.41) is 17.9. The number of aliphatic hydroxyl groups is 1. The zero-order valence-corrected chi connectivity index (χ0v) is 21.1. The molecule has 1 amide bonds. The summed E-state index contributed by atoms with van der Waals surface area (Å²) in [6.07, 6.45) is 4.24. The monoisotopic (exact) mass is 504 g/mol. The molecule has 1 unspecified atom stereocenters. The number of hydrogen-bond donors (Lipinski definition) is 2. The predicted octanol–water partition coefficient (Wildman–Crippen LogP) is 5.70. The van der Waals surface area contributed by atoms with Gasteiger partial charge in [0.15, 0.2) is 0 Å². The van der Waals surface area contributed by atoms with Crippen molar-refractivity contribution in [2.75, 3.05) is 6.61 Å². The highest BCUT2D eigenvalue weighted by Gasteiger charge is 2.34. The minimum Gasteiger partial charge on any atom is -0.396 e. The van der Waals surface area contributed by atoms with Crippen LogP contribution in [0.3, 0.4) is 0 Å². The Balaban J connectivity index is 1.53. The summed E-state index contributed by atoms with van der Waals surface area (Å²) in [5.74, 6) is 0.0692. The molecule has 0 spiro atoms. The van der Waals surface area contributed by atoms with Gasteiger partial charge in [-0.25, -0.2) is 4.98 Å². The zero-order chi connectivity index (χ0) is 24.8. The average Bonchev–Trinajstić information content (AvgIpc) is 3.63. The van der Waals surface area contributed by atoms with Crippen molar-refractivity contribution in [1.29, 1.82) is 0 Å². The topological polar surface area (TPSA) is 72.1 Å². The Morgan fingerprint density at radius 3 is 2.62 bits per heavy atom. The van der Waals surface area contributed by atoms with Gasteiger partial charge in [0.2, 0.25) is 0 Å². The fraction of sp³-hybridized carbons (Fsp3) is 0.200. The molecule has 0 aliphatic carbocycles. The van der Waals surface area contributed by atoms with Crippen LogP contribution in [0.25, 0.3) is 55.8 Å².